The second-order valence-electron chi connectivity index (χ2n) is 5.73. The number of nitro groups is 1. The molecule has 0 unspecified atom stereocenters. The molecular formula is C16H18N4O6S2. The van der Waals surface area contributed by atoms with E-state index in [9.17, 15) is 26.9 Å². The molecule has 0 amide bonds. The molecule has 2 N–H and O–H groups in total. The van der Waals surface area contributed by atoms with Crippen molar-refractivity contribution < 1.29 is 21.8 Å². The summed E-state index contributed by atoms with van der Waals surface area (Å²) in [5.41, 5.74) is 0.788. The normalized spacial score (nSPS) is 12.6. The minimum Gasteiger partial charge on any atom is -0.258 e. The van der Waals surface area contributed by atoms with E-state index >= 15 is 0 Å². The molecule has 0 aliphatic carbocycles. The second-order valence-corrected chi connectivity index (χ2v) is 9.28. The fraction of sp³-hybridized carbons (Fsp3) is 0.188. The predicted molar refractivity (Wildman–Crippen MR) is 103 cm³/mol. The van der Waals surface area contributed by atoms with E-state index in [4.69, 9.17) is 0 Å². The number of hydrogen-bond donors (Lipinski definition) is 2. The SMILES string of the molecule is CNS(=O)(=O)c1ccc(/C(C)=N/NS(=O)(=O)c2ccc(C)c([N+](=O)[O-])c2)cc1. The molecule has 0 spiro atoms. The van der Waals surface area contributed by atoms with E-state index in [1.807, 2.05) is 4.83 Å². The number of hydrogen-bond acceptors (Lipinski definition) is 7. The Bertz CT molecular complexity index is 1140. The van der Waals surface area contributed by atoms with Crippen molar-refractivity contribution in [3.05, 3.63) is 63.7 Å². The molecule has 0 atom stereocenters. The van der Waals surface area contributed by atoms with Gasteiger partial charge in [0.1, 0.15) is 0 Å². The number of nitrogens with zero attached hydrogens (tertiary/aromatic N) is 2. The highest BCUT2D eigenvalue weighted by molar-refractivity contribution is 7.89. The van der Waals surface area contributed by atoms with Crippen molar-refractivity contribution in [1.82, 2.24) is 9.55 Å². The average molecular weight is 426 g/mol. The first-order valence-corrected chi connectivity index (χ1v) is 10.8. The van der Waals surface area contributed by atoms with E-state index in [1.165, 1.54) is 57.3 Å². The Morgan fingerprint density at radius 2 is 1.57 bits per heavy atom. The summed E-state index contributed by atoms with van der Waals surface area (Å²) >= 11 is 0. The van der Waals surface area contributed by atoms with Crippen LogP contribution in [0.5, 0.6) is 0 Å². The van der Waals surface area contributed by atoms with Crippen molar-refractivity contribution in [3.63, 3.8) is 0 Å². The fourth-order valence-corrected chi connectivity index (χ4v) is 3.80. The van der Waals surface area contributed by atoms with E-state index in [0.717, 1.165) is 6.07 Å². The van der Waals surface area contributed by atoms with Gasteiger partial charge in [0, 0.05) is 11.6 Å². The van der Waals surface area contributed by atoms with Gasteiger partial charge in [0.25, 0.3) is 15.7 Å². The van der Waals surface area contributed by atoms with Gasteiger partial charge in [-0.25, -0.2) is 13.1 Å². The lowest BCUT2D eigenvalue weighted by Gasteiger charge is -2.07. The Morgan fingerprint density at radius 3 is 2.11 bits per heavy atom. The van der Waals surface area contributed by atoms with Gasteiger partial charge in [-0.3, -0.25) is 10.1 Å². The lowest BCUT2D eigenvalue weighted by Crippen LogP contribution is -2.20. The van der Waals surface area contributed by atoms with Crippen molar-refractivity contribution in [1.29, 1.82) is 0 Å². The maximum absolute atomic E-state index is 12.4. The van der Waals surface area contributed by atoms with Crippen LogP contribution in [0.1, 0.15) is 18.1 Å². The highest BCUT2D eigenvalue weighted by atomic mass is 32.2. The number of sulfonamides is 2. The van der Waals surface area contributed by atoms with E-state index in [2.05, 4.69) is 9.82 Å². The smallest absolute Gasteiger partial charge is 0.258 e. The highest BCUT2D eigenvalue weighted by Gasteiger charge is 2.19. The number of nitro benzene ring substituents is 1. The van der Waals surface area contributed by atoms with Gasteiger partial charge in [-0.1, -0.05) is 18.2 Å². The predicted octanol–water partition coefficient (Wildman–Crippen LogP) is 1.51. The van der Waals surface area contributed by atoms with Crippen LogP contribution in [0.3, 0.4) is 0 Å². The zero-order valence-electron chi connectivity index (χ0n) is 15.2. The molecule has 28 heavy (non-hydrogen) atoms. The topological polar surface area (TPSA) is 148 Å². The summed E-state index contributed by atoms with van der Waals surface area (Å²) in [5.74, 6) is 0. The largest absolute Gasteiger partial charge is 0.276 e. The number of nitrogens with one attached hydrogen (secondary N) is 2. The van der Waals surface area contributed by atoms with Crippen LogP contribution in [0, 0.1) is 17.0 Å². The minimum atomic E-state index is -4.12. The van der Waals surface area contributed by atoms with E-state index in [0.29, 0.717) is 11.1 Å². The summed E-state index contributed by atoms with van der Waals surface area (Å²) < 4.78 is 50.3. The van der Waals surface area contributed by atoms with Crippen LogP contribution in [0.2, 0.25) is 0 Å². The first-order valence-electron chi connectivity index (χ1n) is 7.83. The van der Waals surface area contributed by atoms with E-state index in [-0.39, 0.29) is 21.2 Å². The van der Waals surface area contributed by atoms with Crippen molar-refractivity contribution in [2.45, 2.75) is 23.6 Å². The number of rotatable bonds is 7. The lowest BCUT2D eigenvalue weighted by atomic mass is 10.1. The molecular weight excluding hydrogens is 408 g/mol. The number of benzene rings is 2. The maximum Gasteiger partial charge on any atom is 0.276 e. The van der Waals surface area contributed by atoms with Crippen molar-refractivity contribution in [2.75, 3.05) is 7.05 Å². The molecule has 0 aliphatic heterocycles. The van der Waals surface area contributed by atoms with Gasteiger partial charge in [-0.15, -0.1) is 0 Å². The van der Waals surface area contributed by atoms with Crippen LogP contribution in [-0.2, 0) is 20.0 Å². The third-order valence-electron chi connectivity index (χ3n) is 3.87. The summed E-state index contributed by atoms with van der Waals surface area (Å²) in [6, 6.07) is 9.22. The van der Waals surface area contributed by atoms with Crippen LogP contribution in [0.15, 0.2) is 57.4 Å². The Kier molecular flexibility index (Phi) is 6.17. The van der Waals surface area contributed by atoms with Crippen molar-refractivity contribution >= 4 is 31.4 Å². The van der Waals surface area contributed by atoms with Gasteiger partial charge < -0.3 is 0 Å². The first kappa shape index (κ1) is 21.5. The standard InChI is InChI=1S/C16H18N4O6S2/c1-11-4-7-15(10-16(11)20(21)22)28(25,26)19-18-12(2)13-5-8-14(9-6-13)27(23,24)17-3/h4-10,17,19H,1-3H3/b18-12+. The number of aryl methyl sites for hydroxylation is 1. The van der Waals surface area contributed by atoms with E-state index < -0.39 is 25.0 Å². The van der Waals surface area contributed by atoms with Crippen LogP contribution in [0.4, 0.5) is 5.69 Å². The first-order chi connectivity index (χ1) is 13.0. The Morgan fingerprint density at radius 1 is 1.00 bits per heavy atom. The molecule has 2 aromatic carbocycles. The van der Waals surface area contributed by atoms with Gasteiger partial charge in [0.05, 0.1) is 20.4 Å². The third-order valence-corrected chi connectivity index (χ3v) is 6.51. The summed E-state index contributed by atoms with van der Waals surface area (Å²) in [7, 11) is -6.41. The molecule has 0 bridgehead atoms. The number of hydrazone groups is 1. The molecule has 0 aromatic heterocycles. The maximum atomic E-state index is 12.4. The average Bonchev–Trinajstić information content (AvgIpc) is 2.66. The van der Waals surface area contributed by atoms with Gasteiger partial charge in [0.2, 0.25) is 10.0 Å². The Labute approximate surface area is 162 Å². The lowest BCUT2D eigenvalue weighted by molar-refractivity contribution is -0.385. The van der Waals surface area contributed by atoms with Gasteiger partial charge in [0.15, 0.2) is 0 Å². The summed E-state index contributed by atoms with van der Waals surface area (Å²) in [6.07, 6.45) is 0. The Balaban J connectivity index is 2.27. The zero-order chi connectivity index (χ0) is 21.1. The van der Waals surface area contributed by atoms with Crippen LogP contribution in [-0.4, -0.2) is 34.5 Å². The molecule has 0 fully saturated rings. The molecule has 150 valence electrons. The molecule has 0 aliphatic rings. The van der Waals surface area contributed by atoms with E-state index in [1.54, 1.807) is 0 Å². The van der Waals surface area contributed by atoms with Gasteiger partial charge >= 0.3 is 0 Å². The molecule has 12 heteroatoms. The van der Waals surface area contributed by atoms with Crippen molar-refractivity contribution in [3.8, 4) is 0 Å². The fourth-order valence-electron chi connectivity index (χ4n) is 2.19. The molecule has 2 rings (SSSR count). The van der Waals surface area contributed by atoms with Gasteiger partial charge in [-0.2, -0.15) is 18.4 Å². The monoisotopic (exact) mass is 426 g/mol. The molecule has 0 radical (unpaired) electrons. The summed E-state index contributed by atoms with van der Waals surface area (Å²) in [6.45, 7) is 3.03. The summed E-state index contributed by atoms with van der Waals surface area (Å²) in [4.78, 5) is 12.1. The molecule has 10 nitrogen and oxygen atoms in total. The third kappa shape index (κ3) is 4.71. The van der Waals surface area contributed by atoms with Crippen LogP contribution >= 0.6 is 0 Å². The molecule has 0 heterocycles. The van der Waals surface area contributed by atoms with Crippen molar-refractivity contribution in [2.24, 2.45) is 5.10 Å². The van der Waals surface area contributed by atoms with Gasteiger partial charge in [-0.05, 0) is 44.7 Å². The molecule has 2 aromatic rings. The quantitative estimate of drug-likeness (QED) is 0.389. The highest BCUT2D eigenvalue weighted by Crippen LogP contribution is 2.22. The van der Waals surface area contributed by atoms with Crippen LogP contribution < -0.4 is 9.55 Å². The molecule has 0 saturated heterocycles. The Hall–Kier alpha value is -2.83. The molecule has 0 saturated carbocycles. The minimum absolute atomic E-state index is 0.0547. The zero-order valence-corrected chi connectivity index (χ0v) is 16.8. The van der Waals surface area contributed by atoms with Crippen LogP contribution in [0.25, 0.3) is 0 Å². The summed E-state index contributed by atoms with van der Waals surface area (Å²) in [5, 5.41) is 14.8. The second kappa shape index (κ2) is 8.04.